The predicted molar refractivity (Wildman–Crippen MR) is 100 cm³/mol. The second-order valence-electron chi connectivity index (χ2n) is 5.53. The van der Waals surface area contributed by atoms with Gasteiger partial charge in [0.05, 0.1) is 25.3 Å². The molecule has 28 heavy (non-hydrogen) atoms. The molecule has 2 rings (SSSR count). The van der Waals surface area contributed by atoms with Crippen LogP contribution in [0.5, 0.6) is 5.88 Å². The van der Waals surface area contributed by atoms with E-state index in [0.29, 0.717) is 4.31 Å². The normalized spacial score (nSPS) is 10.9. The fraction of sp³-hybridized carbons (Fsp3) is 0.250. The first-order valence-corrected chi connectivity index (χ1v) is 9.47. The van der Waals surface area contributed by atoms with Crippen LogP contribution < -0.4 is 15.4 Å². The van der Waals surface area contributed by atoms with Gasteiger partial charge in [0.2, 0.25) is 21.9 Å². The van der Waals surface area contributed by atoms with Crippen molar-refractivity contribution >= 4 is 27.6 Å². The molecule has 2 aromatic rings. The summed E-state index contributed by atoms with van der Waals surface area (Å²) in [5.41, 5.74) is 0.0245. The number of hydrogen-bond acceptors (Lipinski definition) is 7. The number of anilines is 1. The third-order valence-electron chi connectivity index (χ3n) is 3.68. The van der Waals surface area contributed by atoms with Crippen molar-refractivity contribution < 1.29 is 22.3 Å². The van der Waals surface area contributed by atoms with Crippen LogP contribution in [0, 0.1) is 11.2 Å². The Morgan fingerprint density at radius 2 is 2.04 bits per heavy atom. The molecule has 12 heteroatoms. The Morgan fingerprint density at radius 3 is 2.61 bits per heavy atom. The number of halogens is 1. The lowest BCUT2D eigenvalue weighted by Crippen LogP contribution is -2.40. The quantitative estimate of drug-likeness (QED) is 0.473. The highest BCUT2D eigenvalue weighted by atomic mass is 32.2. The minimum Gasteiger partial charge on any atom is -0.480 e. The number of methoxy groups -OCH3 is 1. The molecule has 0 bridgehead atoms. The summed E-state index contributed by atoms with van der Waals surface area (Å²) in [6.45, 7) is 0. The molecule has 10 nitrogen and oxygen atoms in total. The third-order valence-corrected chi connectivity index (χ3v) is 5.37. The average molecular weight is 410 g/mol. The minimum atomic E-state index is -3.99. The van der Waals surface area contributed by atoms with Crippen LogP contribution in [0.25, 0.3) is 0 Å². The van der Waals surface area contributed by atoms with E-state index in [2.05, 4.69) is 20.6 Å². The lowest BCUT2D eigenvalue weighted by atomic mass is 10.2. The standard InChI is InChI=1S/C16H19FN6O4S/c1-19-16(18)23(2)28(25,26)9-10-6-11(4-5-12(10)17)22-15(24)13-7-21-14(27-3)8-20-13/h4-8H,9H2,1-3H3,(H2,18,19)(H,22,24). The van der Waals surface area contributed by atoms with Crippen LogP contribution in [0.15, 0.2) is 30.6 Å². The van der Waals surface area contributed by atoms with Crippen LogP contribution >= 0.6 is 0 Å². The van der Waals surface area contributed by atoms with Gasteiger partial charge in [-0.2, -0.15) is 0 Å². The molecule has 0 atom stereocenters. The number of sulfonamides is 1. The maximum absolute atomic E-state index is 14.1. The monoisotopic (exact) mass is 410 g/mol. The Hall–Kier alpha value is -3.28. The van der Waals surface area contributed by atoms with E-state index in [1.54, 1.807) is 0 Å². The summed E-state index contributed by atoms with van der Waals surface area (Å²) in [6, 6.07) is 3.54. The highest BCUT2D eigenvalue weighted by Gasteiger charge is 2.23. The van der Waals surface area contributed by atoms with E-state index in [0.717, 1.165) is 6.07 Å². The van der Waals surface area contributed by atoms with E-state index in [-0.39, 0.29) is 28.8 Å². The van der Waals surface area contributed by atoms with Crippen molar-refractivity contribution in [2.75, 3.05) is 26.5 Å². The zero-order chi connectivity index (χ0) is 20.9. The van der Waals surface area contributed by atoms with Crippen LogP contribution in [0.4, 0.5) is 10.1 Å². The van der Waals surface area contributed by atoms with Crippen LogP contribution in [-0.2, 0) is 15.8 Å². The maximum atomic E-state index is 14.1. The SMILES string of the molecule is CNC(=N)N(C)S(=O)(=O)Cc1cc(NC(=O)c2cnc(OC)cn2)ccc1F. The second-order valence-corrected chi connectivity index (χ2v) is 7.53. The van der Waals surface area contributed by atoms with Crippen molar-refractivity contribution in [2.45, 2.75) is 5.75 Å². The number of carbonyl (C=O) groups is 1. The van der Waals surface area contributed by atoms with Crippen molar-refractivity contribution in [2.24, 2.45) is 0 Å². The molecule has 0 spiro atoms. The number of aromatic nitrogens is 2. The number of rotatable bonds is 6. The number of nitrogens with zero attached hydrogens (tertiary/aromatic N) is 3. The predicted octanol–water partition coefficient (Wildman–Crippen LogP) is 0.792. The van der Waals surface area contributed by atoms with E-state index >= 15 is 0 Å². The van der Waals surface area contributed by atoms with Gasteiger partial charge in [-0.15, -0.1) is 0 Å². The van der Waals surface area contributed by atoms with Crippen molar-refractivity contribution in [3.8, 4) is 5.88 Å². The Balaban J connectivity index is 2.20. The molecule has 3 N–H and O–H groups in total. The van der Waals surface area contributed by atoms with Gasteiger partial charge < -0.3 is 15.4 Å². The number of carbonyl (C=O) groups excluding carboxylic acids is 1. The molecule has 150 valence electrons. The van der Waals surface area contributed by atoms with Gasteiger partial charge in [-0.3, -0.25) is 10.2 Å². The van der Waals surface area contributed by atoms with Gasteiger partial charge >= 0.3 is 0 Å². The number of guanidine groups is 1. The molecule has 0 aliphatic carbocycles. The van der Waals surface area contributed by atoms with Crippen molar-refractivity contribution in [3.63, 3.8) is 0 Å². The first-order valence-electron chi connectivity index (χ1n) is 7.86. The molecule has 0 radical (unpaired) electrons. The number of hydrogen-bond donors (Lipinski definition) is 3. The largest absolute Gasteiger partial charge is 0.480 e. The molecule has 0 saturated heterocycles. The molecule has 1 aromatic carbocycles. The van der Waals surface area contributed by atoms with Gasteiger partial charge in [-0.25, -0.2) is 27.1 Å². The summed E-state index contributed by atoms with van der Waals surface area (Å²) in [5.74, 6) is -2.17. The second kappa shape index (κ2) is 8.61. The number of amides is 1. The molecule has 0 unspecified atom stereocenters. The topological polar surface area (TPSA) is 137 Å². The number of nitrogens with one attached hydrogen (secondary N) is 3. The van der Waals surface area contributed by atoms with E-state index in [4.69, 9.17) is 10.1 Å². The van der Waals surface area contributed by atoms with Gasteiger partial charge in [0.25, 0.3) is 5.91 Å². The minimum absolute atomic E-state index is 0.00139. The van der Waals surface area contributed by atoms with Gasteiger partial charge in [-0.05, 0) is 18.2 Å². The fourth-order valence-corrected chi connectivity index (χ4v) is 3.26. The fourth-order valence-electron chi connectivity index (χ4n) is 2.09. The lowest BCUT2D eigenvalue weighted by Gasteiger charge is -2.19. The van der Waals surface area contributed by atoms with Crippen molar-refractivity contribution in [1.29, 1.82) is 5.41 Å². The van der Waals surface area contributed by atoms with Gasteiger partial charge in [-0.1, -0.05) is 0 Å². The number of ether oxygens (including phenoxy) is 1. The van der Waals surface area contributed by atoms with Crippen molar-refractivity contribution in [1.82, 2.24) is 19.6 Å². The first-order chi connectivity index (χ1) is 13.2. The third kappa shape index (κ3) is 4.91. The molecular formula is C16H19FN6O4S. The highest BCUT2D eigenvalue weighted by molar-refractivity contribution is 7.88. The molecule has 1 aromatic heterocycles. The Bertz CT molecular complexity index is 981. The molecule has 0 fully saturated rings. The van der Waals surface area contributed by atoms with Gasteiger partial charge in [0.1, 0.15) is 11.5 Å². The van der Waals surface area contributed by atoms with Crippen LogP contribution in [0.3, 0.4) is 0 Å². The summed E-state index contributed by atoms with van der Waals surface area (Å²) >= 11 is 0. The Kier molecular flexibility index (Phi) is 6.46. The Labute approximate surface area is 161 Å². The van der Waals surface area contributed by atoms with Crippen LogP contribution in [-0.4, -0.2) is 55.8 Å². The van der Waals surface area contributed by atoms with Crippen molar-refractivity contribution in [3.05, 3.63) is 47.7 Å². The average Bonchev–Trinajstić information content (AvgIpc) is 2.69. The molecule has 1 heterocycles. The molecule has 0 aliphatic rings. The van der Waals surface area contributed by atoms with Gasteiger partial charge in [0.15, 0.2) is 0 Å². The van der Waals surface area contributed by atoms with E-state index in [1.165, 1.54) is 45.7 Å². The molecule has 0 aliphatic heterocycles. The Morgan fingerprint density at radius 1 is 1.32 bits per heavy atom. The van der Waals surface area contributed by atoms with E-state index in [9.17, 15) is 17.6 Å². The van der Waals surface area contributed by atoms with E-state index in [1.807, 2.05) is 0 Å². The smallest absolute Gasteiger partial charge is 0.275 e. The van der Waals surface area contributed by atoms with E-state index < -0.39 is 27.5 Å². The molecular weight excluding hydrogens is 391 g/mol. The summed E-state index contributed by atoms with van der Waals surface area (Å²) < 4.78 is 44.3. The van der Waals surface area contributed by atoms with Crippen LogP contribution in [0.2, 0.25) is 0 Å². The lowest BCUT2D eigenvalue weighted by molar-refractivity contribution is 0.102. The summed E-state index contributed by atoms with van der Waals surface area (Å²) in [5, 5.41) is 12.4. The molecule has 1 amide bonds. The van der Waals surface area contributed by atoms with Gasteiger partial charge in [0, 0.05) is 25.3 Å². The highest BCUT2D eigenvalue weighted by Crippen LogP contribution is 2.19. The summed E-state index contributed by atoms with van der Waals surface area (Å²) in [4.78, 5) is 20.0. The first kappa shape index (κ1) is 21.0. The zero-order valence-corrected chi connectivity index (χ0v) is 16.2. The maximum Gasteiger partial charge on any atom is 0.275 e. The molecule has 0 saturated carbocycles. The summed E-state index contributed by atoms with van der Waals surface area (Å²) in [7, 11) is -0.00832. The summed E-state index contributed by atoms with van der Waals surface area (Å²) in [6.07, 6.45) is 2.48. The number of benzene rings is 1. The van der Waals surface area contributed by atoms with Crippen LogP contribution in [0.1, 0.15) is 16.1 Å². The zero-order valence-electron chi connectivity index (χ0n) is 15.4.